The summed E-state index contributed by atoms with van der Waals surface area (Å²) in [6.07, 6.45) is 15.4. The van der Waals surface area contributed by atoms with E-state index in [1.807, 2.05) is 25.1 Å². The largest absolute Gasteiger partial charge is 0.481 e. The highest BCUT2D eigenvalue weighted by Crippen LogP contribution is 2.21. The zero-order valence-corrected chi connectivity index (χ0v) is 64.8. The third kappa shape index (κ3) is 36.9. The number of H-pyrrole nitrogens is 1. The fourth-order valence-corrected chi connectivity index (χ4v) is 12.5. The minimum Gasteiger partial charge on any atom is -0.481 e. The van der Waals surface area contributed by atoms with E-state index < -0.39 is 144 Å². The molecule has 0 spiro atoms. The van der Waals surface area contributed by atoms with Crippen LogP contribution in [0.2, 0.25) is 0 Å². The number of unbranched alkanes of at least 4 members (excludes halogenated alkanes) is 12. The number of hydrogen-bond donors (Lipinski definition) is 18. The van der Waals surface area contributed by atoms with Gasteiger partial charge < -0.3 is 97.0 Å². The molecule has 2 aromatic carbocycles. The van der Waals surface area contributed by atoms with Crippen molar-refractivity contribution in [3.8, 4) is 0 Å². The van der Waals surface area contributed by atoms with Crippen LogP contribution >= 0.6 is 11.8 Å². The third-order valence-corrected chi connectivity index (χ3v) is 18.9. The number of carbonyl (C=O) groups is 12. The zero-order chi connectivity index (χ0) is 80.1. The van der Waals surface area contributed by atoms with Gasteiger partial charge in [-0.15, -0.1) is 0 Å². The van der Waals surface area contributed by atoms with E-state index in [0.717, 1.165) is 43.0 Å². The highest BCUT2D eigenvalue weighted by Gasteiger charge is 2.37. The number of primary amides is 1. The van der Waals surface area contributed by atoms with Gasteiger partial charge in [0.25, 0.3) is 0 Å². The van der Waals surface area contributed by atoms with Crippen molar-refractivity contribution in [3.05, 3.63) is 71.9 Å². The first kappa shape index (κ1) is 92.7. The molecule has 602 valence electrons. The second kappa shape index (κ2) is 51.7. The van der Waals surface area contributed by atoms with Crippen LogP contribution in [0.4, 0.5) is 0 Å². The number of aliphatic carboxylic acids is 1. The highest BCUT2D eigenvalue weighted by molar-refractivity contribution is 7.98. The first-order valence-electron chi connectivity index (χ1n) is 37.8. The summed E-state index contributed by atoms with van der Waals surface area (Å²) in [5.41, 5.74) is 30.0. The molecule has 108 heavy (non-hydrogen) atoms. The maximum Gasteiger partial charge on any atom is 0.305 e. The molecular formula is C75H122N18O14S. The fraction of sp³-hybridized carbons (Fsp3) is 0.627. The van der Waals surface area contributed by atoms with E-state index in [0.29, 0.717) is 29.7 Å². The number of amides is 11. The van der Waals surface area contributed by atoms with Gasteiger partial charge in [-0.2, -0.15) is 11.8 Å². The number of thioether (sulfide) groups is 1. The quantitative estimate of drug-likeness (QED) is 0.0219. The van der Waals surface area contributed by atoms with Crippen LogP contribution in [0.25, 0.3) is 10.9 Å². The smallest absolute Gasteiger partial charge is 0.305 e. The van der Waals surface area contributed by atoms with Gasteiger partial charge in [-0.3, -0.25) is 67.5 Å². The summed E-state index contributed by atoms with van der Waals surface area (Å²) in [4.78, 5) is 178. The number of carbonyl (C=O) groups excluding carboxylic acids is 11. The van der Waals surface area contributed by atoms with Crippen molar-refractivity contribution in [2.24, 2.45) is 50.5 Å². The topological polar surface area (TPSA) is 536 Å². The first-order chi connectivity index (χ1) is 51.5. The Kier molecular flexibility index (Phi) is 44.4. The summed E-state index contributed by atoms with van der Waals surface area (Å²) >= 11 is 1.39. The Bertz CT molecular complexity index is 3390. The highest BCUT2D eigenvalue weighted by atomic mass is 32.2. The predicted molar refractivity (Wildman–Crippen MR) is 418 cm³/mol. The lowest BCUT2D eigenvalue weighted by atomic mass is 9.97. The van der Waals surface area contributed by atoms with Gasteiger partial charge in [0.2, 0.25) is 65.0 Å². The maximum absolute atomic E-state index is 14.7. The predicted octanol–water partition coefficient (Wildman–Crippen LogP) is 2.21. The van der Waals surface area contributed by atoms with Crippen LogP contribution in [0.5, 0.6) is 0 Å². The average Bonchev–Trinajstić information content (AvgIpc) is 1.65. The van der Waals surface area contributed by atoms with Crippen molar-refractivity contribution in [3.63, 3.8) is 0 Å². The van der Waals surface area contributed by atoms with Crippen LogP contribution < -0.4 is 81.8 Å². The van der Waals surface area contributed by atoms with Crippen molar-refractivity contribution < 1.29 is 67.7 Å². The molecule has 3 aromatic rings. The monoisotopic (exact) mass is 1530 g/mol. The molecule has 0 bridgehead atoms. The molecule has 0 unspecified atom stereocenters. The molecule has 0 aliphatic carbocycles. The lowest BCUT2D eigenvalue weighted by molar-refractivity contribution is -0.142. The molecule has 0 saturated carbocycles. The minimum absolute atomic E-state index is 0.00191. The summed E-state index contributed by atoms with van der Waals surface area (Å²) in [6.45, 7) is 9.69. The van der Waals surface area contributed by atoms with Crippen LogP contribution in [-0.2, 0) is 70.4 Å². The van der Waals surface area contributed by atoms with Crippen LogP contribution in [0.1, 0.15) is 194 Å². The van der Waals surface area contributed by atoms with E-state index in [1.165, 1.54) is 63.6 Å². The summed E-state index contributed by atoms with van der Waals surface area (Å²) in [5.74, 6) is -11.8. The SMILES string of the molecule is CCCCCCCCCCCCCCCC(=O)N[C@H](C(=O)N[C@@H](CC(=O)O)C(=O)N[C@@H](CCCN=C(N)N)C(=O)N[C@@H](CC(C)C)C(=O)N[C@@H](CCCN=C(N)N)C(=O)NCC(=O)N[C@@H](Cc1c[nH]c2ccccc12)C(=O)N[C@@H](CCSC)C(=O)N[C@@H](Cc1ccccc1)C(=O)N[C@H](C(N)=O)[C@@H](C)CC)[C@@H](C)O. The van der Waals surface area contributed by atoms with Crippen molar-refractivity contribution >= 4 is 106 Å². The summed E-state index contributed by atoms with van der Waals surface area (Å²) in [7, 11) is 0. The number of aromatic amines is 1. The number of aliphatic imine (C=N–C) groups is 2. The Balaban J connectivity index is 1.88. The number of aliphatic hydroxyl groups is 1. The van der Waals surface area contributed by atoms with Gasteiger partial charge in [-0.05, 0) is 92.9 Å². The van der Waals surface area contributed by atoms with Gasteiger partial charge in [0.15, 0.2) is 11.9 Å². The molecule has 0 saturated heterocycles. The van der Waals surface area contributed by atoms with E-state index in [4.69, 9.17) is 28.7 Å². The molecular weight excluding hydrogens is 1410 g/mol. The molecule has 3 rings (SSSR count). The number of para-hydroxylation sites is 1. The number of hydrogen-bond acceptors (Lipinski definition) is 16. The Hall–Kier alpha value is -9.53. The normalized spacial score (nSPS) is 14.2. The molecule has 11 atom stereocenters. The number of nitrogens with two attached hydrogens (primary N) is 5. The van der Waals surface area contributed by atoms with Gasteiger partial charge in [-0.1, -0.05) is 167 Å². The Morgan fingerprint density at radius 1 is 0.491 bits per heavy atom. The molecule has 23 N–H and O–H groups in total. The molecule has 1 heterocycles. The third-order valence-electron chi connectivity index (χ3n) is 18.2. The van der Waals surface area contributed by atoms with Gasteiger partial charge >= 0.3 is 5.97 Å². The second-order valence-electron chi connectivity index (χ2n) is 27.9. The Labute approximate surface area is 638 Å². The van der Waals surface area contributed by atoms with Crippen LogP contribution in [0.3, 0.4) is 0 Å². The van der Waals surface area contributed by atoms with E-state index in [1.54, 1.807) is 69.6 Å². The molecule has 33 heteroatoms. The summed E-state index contributed by atoms with van der Waals surface area (Å²) < 4.78 is 0. The van der Waals surface area contributed by atoms with E-state index in [2.05, 4.69) is 75.1 Å². The van der Waals surface area contributed by atoms with Gasteiger partial charge in [-0.25, -0.2) is 0 Å². The molecule has 0 fully saturated rings. The summed E-state index contributed by atoms with van der Waals surface area (Å²) in [6, 6.07) is 3.19. The maximum atomic E-state index is 14.7. The number of fused-ring (bicyclic) bond motifs is 1. The molecule has 1 aromatic heterocycles. The zero-order valence-electron chi connectivity index (χ0n) is 64.0. The molecule has 0 aliphatic rings. The van der Waals surface area contributed by atoms with Crippen molar-refractivity contribution in [1.29, 1.82) is 0 Å². The van der Waals surface area contributed by atoms with Gasteiger partial charge in [0.05, 0.1) is 19.1 Å². The average molecular weight is 1530 g/mol. The van der Waals surface area contributed by atoms with E-state index in [9.17, 15) is 67.7 Å². The standard InChI is InChI=1S/C75H122N18O14S/c1-8-10-11-12-13-14-15-16-17-18-19-20-24-35-60(95)92-64(48(6)94)73(107)91-59(43-62(97)98)71(105)87-54(34-28-38-82-75(79)80)67(101)89-56(40-46(3)4)69(103)86-53(33-27-37-81-74(77)78)66(100)84-45-61(96)85-58(42-50-44-83-52-32-26-25-31-51(50)52)70(104)88-55(36-39-108-7)68(102)90-57(41-49-29-22-21-23-30-49)72(106)93-63(65(76)99)47(5)9-2/h21-23,25-26,29-32,44,46-48,53-59,63-64,83,94H,8-20,24,27-28,33-43,45H2,1-7H3,(H2,76,99)(H,84,100)(H,85,96)(H,86,103)(H,87,105)(H,88,104)(H,89,101)(H,90,102)(H,91,107)(H,92,95)(H,93,106)(H,97,98)(H4,77,78,81)(H4,79,80,82)/t47-,48+,53-,54-,55-,56-,57-,58-,59-,63-,64-/m0/s1. The first-order valence-corrected chi connectivity index (χ1v) is 39.2. The van der Waals surface area contributed by atoms with E-state index in [-0.39, 0.29) is 94.6 Å². The Morgan fingerprint density at radius 2 is 0.963 bits per heavy atom. The minimum atomic E-state index is -1.87. The lowest BCUT2D eigenvalue weighted by Crippen LogP contribution is -2.60. The number of aliphatic hydroxyl groups excluding tert-OH is 1. The van der Waals surface area contributed by atoms with Crippen LogP contribution in [0, 0.1) is 11.8 Å². The molecule has 0 radical (unpaired) electrons. The number of benzene rings is 2. The van der Waals surface area contributed by atoms with Gasteiger partial charge in [0, 0.05) is 49.5 Å². The second-order valence-corrected chi connectivity index (χ2v) is 28.9. The molecule has 11 amide bonds. The van der Waals surface area contributed by atoms with E-state index >= 15 is 0 Å². The lowest BCUT2D eigenvalue weighted by Gasteiger charge is -2.28. The van der Waals surface area contributed by atoms with Crippen molar-refractivity contribution in [2.45, 2.75) is 256 Å². The number of carboxylic acids is 1. The number of rotatable bonds is 56. The number of carboxylic acid groups (broad SMARTS) is 1. The van der Waals surface area contributed by atoms with Gasteiger partial charge in [0.1, 0.15) is 54.4 Å². The number of nitrogens with one attached hydrogen (secondary N) is 11. The summed E-state index contributed by atoms with van der Waals surface area (Å²) in [5, 5.41) is 47.5. The Morgan fingerprint density at radius 3 is 1.49 bits per heavy atom. The van der Waals surface area contributed by atoms with Crippen LogP contribution in [0.15, 0.2) is 70.8 Å². The van der Waals surface area contributed by atoms with Crippen molar-refractivity contribution in [1.82, 2.24) is 58.2 Å². The fourth-order valence-electron chi connectivity index (χ4n) is 12.0. The number of guanidine groups is 2. The van der Waals surface area contributed by atoms with Crippen LogP contribution in [-0.4, -0.2) is 190 Å². The molecule has 32 nitrogen and oxygen atoms in total. The van der Waals surface area contributed by atoms with Crippen molar-refractivity contribution in [2.75, 3.05) is 31.6 Å². The number of aromatic nitrogens is 1. The number of nitrogens with zero attached hydrogens (tertiary/aromatic N) is 2. The molecule has 0 aliphatic heterocycles.